The smallest absolute Gasteiger partial charge is 0.119 e. The Balaban J connectivity index is 1.39. The minimum atomic E-state index is 0.650. The molecule has 2 aliphatic heterocycles. The Morgan fingerprint density at radius 1 is 1.09 bits per heavy atom. The van der Waals surface area contributed by atoms with Crippen molar-refractivity contribution in [2.24, 2.45) is 5.92 Å². The van der Waals surface area contributed by atoms with E-state index in [1.807, 2.05) is 24.3 Å². The molecule has 4 heteroatoms. The van der Waals surface area contributed by atoms with Gasteiger partial charge in [0.05, 0.1) is 20.3 Å². The monoisotopic (exact) mass is 305 g/mol. The quantitative estimate of drug-likeness (QED) is 0.837. The number of ether oxygens (including phenoxy) is 3. The molecular weight excluding hydrogens is 278 g/mol. The normalized spacial score (nSPS) is 24.1. The van der Waals surface area contributed by atoms with Crippen LogP contribution in [0.5, 0.6) is 11.5 Å². The van der Waals surface area contributed by atoms with Gasteiger partial charge in [0.2, 0.25) is 0 Å². The molecule has 1 aromatic rings. The van der Waals surface area contributed by atoms with Crippen LogP contribution in [0.2, 0.25) is 0 Å². The standard InChI is InChI=1S/C18H27NO3/c1-20-17-4-6-18(7-5-17)22-13-15-8-10-19(11-9-15)16-3-2-12-21-14-16/h4-7,15-16H,2-3,8-14H2,1H3/t16-/m1/s1. The van der Waals surface area contributed by atoms with Crippen molar-refractivity contribution in [1.29, 1.82) is 0 Å². The molecule has 0 saturated carbocycles. The first-order valence-electron chi connectivity index (χ1n) is 8.44. The van der Waals surface area contributed by atoms with Gasteiger partial charge in [-0.15, -0.1) is 0 Å². The Kier molecular flexibility index (Phi) is 5.57. The number of methoxy groups -OCH3 is 1. The van der Waals surface area contributed by atoms with E-state index >= 15 is 0 Å². The molecular formula is C18H27NO3. The number of piperidine rings is 1. The van der Waals surface area contributed by atoms with E-state index in [4.69, 9.17) is 14.2 Å². The van der Waals surface area contributed by atoms with E-state index in [9.17, 15) is 0 Å². The first-order chi connectivity index (χ1) is 10.8. The van der Waals surface area contributed by atoms with E-state index in [1.165, 1.54) is 38.8 Å². The number of likely N-dealkylation sites (tertiary alicyclic amines) is 1. The number of rotatable bonds is 5. The summed E-state index contributed by atoms with van der Waals surface area (Å²) in [5.41, 5.74) is 0. The van der Waals surface area contributed by atoms with Gasteiger partial charge in [0.25, 0.3) is 0 Å². The van der Waals surface area contributed by atoms with Crippen molar-refractivity contribution in [2.45, 2.75) is 31.7 Å². The molecule has 0 aromatic heterocycles. The van der Waals surface area contributed by atoms with E-state index in [-0.39, 0.29) is 0 Å². The number of hydrogen-bond acceptors (Lipinski definition) is 4. The fourth-order valence-electron chi connectivity index (χ4n) is 3.38. The van der Waals surface area contributed by atoms with Gasteiger partial charge >= 0.3 is 0 Å². The lowest BCUT2D eigenvalue weighted by Gasteiger charge is -2.39. The highest BCUT2D eigenvalue weighted by Gasteiger charge is 2.26. The topological polar surface area (TPSA) is 30.9 Å². The average Bonchev–Trinajstić information content (AvgIpc) is 2.61. The highest BCUT2D eigenvalue weighted by Crippen LogP contribution is 2.24. The van der Waals surface area contributed by atoms with Crippen molar-refractivity contribution < 1.29 is 14.2 Å². The van der Waals surface area contributed by atoms with Crippen molar-refractivity contribution in [3.05, 3.63) is 24.3 Å². The van der Waals surface area contributed by atoms with Gasteiger partial charge in [-0.1, -0.05) is 0 Å². The fraction of sp³-hybridized carbons (Fsp3) is 0.667. The van der Waals surface area contributed by atoms with Crippen LogP contribution in [-0.2, 0) is 4.74 Å². The summed E-state index contributed by atoms with van der Waals surface area (Å²) in [6, 6.07) is 8.50. The molecule has 0 spiro atoms. The first-order valence-corrected chi connectivity index (χ1v) is 8.44. The second-order valence-corrected chi connectivity index (χ2v) is 6.34. The van der Waals surface area contributed by atoms with Gasteiger partial charge in [0.1, 0.15) is 11.5 Å². The molecule has 0 aliphatic carbocycles. The molecule has 3 rings (SSSR count). The molecule has 0 unspecified atom stereocenters. The highest BCUT2D eigenvalue weighted by atomic mass is 16.5. The molecule has 1 atom stereocenters. The zero-order valence-electron chi connectivity index (χ0n) is 13.5. The van der Waals surface area contributed by atoms with Gasteiger partial charge in [0.15, 0.2) is 0 Å². The summed E-state index contributed by atoms with van der Waals surface area (Å²) in [5, 5.41) is 0. The lowest BCUT2D eigenvalue weighted by atomic mass is 9.95. The summed E-state index contributed by atoms with van der Waals surface area (Å²) < 4.78 is 16.7. The Morgan fingerprint density at radius 3 is 2.45 bits per heavy atom. The highest BCUT2D eigenvalue weighted by molar-refractivity contribution is 5.31. The Morgan fingerprint density at radius 2 is 1.82 bits per heavy atom. The second-order valence-electron chi connectivity index (χ2n) is 6.34. The summed E-state index contributed by atoms with van der Waals surface area (Å²) in [7, 11) is 1.68. The summed E-state index contributed by atoms with van der Waals surface area (Å²) in [6.07, 6.45) is 4.97. The first kappa shape index (κ1) is 15.6. The van der Waals surface area contributed by atoms with E-state index in [2.05, 4.69) is 4.90 Å². The van der Waals surface area contributed by atoms with Gasteiger partial charge < -0.3 is 14.2 Å². The van der Waals surface area contributed by atoms with Gasteiger partial charge in [-0.2, -0.15) is 0 Å². The average molecular weight is 305 g/mol. The van der Waals surface area contributed by atoms with Gasteiger partial charge in [-0.25, -0.2) is 0 Å². The summed E-state index contributed by atoms with van der Waals surface area (Å²) >= 11 is 0. The maximum atomic E-state index is 5.93. The predicted molar refractivity (Wildman–Crippen MR) is 86.6 cm³/mol. The van der Waals surface area contributed by atoms with Crippen LogP contribution in [-0.4, -0.2) is 51.0 Å². The number of nitrogens with zero attached hydrogens (tertiary/aromatic N) is 1. The van der Waals surface area contributed by atoms with Crippen molar-refractivity contribution in [1.82, 2.24) is 4.90 Å². The zero-order valence-corrected chi connectivity index (χ0v) is 13.5. The maximum Gasteiger partial charge on any atom is 0.119 e. The zero-order chi connectivity index (χ0) is 15.2. The minimum absolute atomic E-state index is 0.650. The van der Waals surface area contributed by atoms with E-state index in [0.29, 0.717) is 12.0 Å². The summed E-state index contributed by atoms with van der Waals surface area (Å²) in [6.45, 7) is 5.06. The third-order valence-electron chi connectivity index (χ3n) is 4.85. The molecule has 1 aromatic carbocycles. The van der Waals surface area contributed by atoms with Crippen LogP contribution in [0, 0.1) is 5.92 Å². The van der Waals surface area contributed by atoms with Crippen molar-refractivity contribution in [3.8, 4) is 11.5 Å². The molecule has 22 heavy (non-hydrogen) atoms. The molecule has 2 aliphatic rings. The summed E-state index contributed by atoms with van der Waals surface area (Å²) in [4.78, 5) is 2.61. The largest absolute Gasteiger partial charge is 0.497 e. The van der Waals surface area contributed by atoms with E-state index < -0.39 is 0 Å². The minimum Gasteiger partial charge on any atom is -0.497 e. The lowest BCUT2D eigenvalue weighted by molar-refractivity contribution is 0.00185. The van der Waals surface area contributed by atoms with Crippen molar-refractivity contribution in [2.75, 3.05) is 40.0 Å². The number of benzene rings is 1. The molecule has 0 radical (unpaired) electrons. The van der Waals surface area contributed by atoms with Crippen LogP contribution in [0.25, 0.3) is 0 Å². The molecule has 2 saturated heterocycles. The van der Waals surface area contributed by atoms with Crippen molar-refractivity contribution in [3.63, 3.8) is 0 Å². The molecule has 4 nitrogen and oxygen atoms in total. The third kappa shape index (κ3) is 4.14. The molecule has 0 bridgehead atoms. The van der Waals surface area contributed by atoms with Gasteiger partial charge in [-0.3, -0.25) is 4.90 Å². The molecule has 0 amide bonds. The second kappa shape index (κ2) is 7.84. The summed E-state index contributed by atoms with van der Waals surface area (Å²) in [5.74, 6) is 2.47. The van der Waals surface area contributed by atoms with Crippen molar-refractivity contribution >= 4 is 0 Å². The van der Waals surface area contributed by atoms with E-state index in [0.717, 1.165) is 31.3 Å². The Hall–Kier alpha value is -1.26. The maximum absolute atomic E-state index is 5.93. The molecule has 2 heterocycles. The Labute approximate surface area is 133 Å². The van der Waals surface area contributed by atoms with Gasteiger partial charge in [0, 0.05) is 12.6 Å². The van der Waals surface area contributed by atoms with E-state index in [1.54, 1.807) is 7.11 Å². The molecule has 0 N–H and O–H groups in total. The molecule has 2 fully saturated rings. The van der Waals surface area contributed by atoms with Crippen LogP contribution in [0.1, 0.15) is 25.7 Å². The Bertz CT molecular complexity index is 434. The van der Waals surface area contributed by atoms with Crippen LogP contribution in [0.15, 0.2) is 24.3 Å². The fourth-order valence-corrected chi connectivity index (χ4v) is 3.38. The van der Waals surface area contributed by atoms with Gasteiger partial charge in [-0.05, 0) is 69.0 Å². The third-order valence-corrected chi connectivity index (χ3v) is 4.85. The van der Waals surface area contributed by atoms with Crippen LogP contribution in [0.3, 0.4) is 0 Å². The molecule has 122 valence electrons. The van der Waals surface area contributed by atoms with Crippen LogP contribution < -0.4 is 9.47 Å². The SMILES string of the molecule is COc1ccc(OCC2CCN([C@@H]3CCCOC3)CC2)cc1. The predicted octanol–water partition coefficient (Wildman–Crippen LogP) is 2.97. The van der Waals surface area contributed by atoms with Crippen LogP contribution in [0.4, 0.5) is 0 Å². The van der Waals surface area contributed by atoms with Crippen LogP contribution >= 0.6 is 0 Å². The number of hydrogen-bond donors (Lipinski definition) is 0. The lowest BCUT2D eigenvalue weighted by Crippen LogP contribution is -2.46.